The van der Waals surface area contributed by atoms with E-state index in [2.05, 4.69) is 20.4 Å². The van der Waals surface area contributed by atoms with Gasteiger partial charge in [-0.2, -0.15) is 5.10 Å². The van der Waals surface area contributed by atoms with Gasteiger partial charge in [-0.1, -0.05) is 13.8 Å². The first-order valence-corrected chi connectivity index (χ1v) is 6.33. The molecule has 106 valence electrons. The Labute approximate surface area is 116 Å². The van der Waals surface area contributed by atoms with E-state index >= 15 is 0 Å². The van der Waals surface area contributed by atoms with Crippen LogP contribution in [0.5, 0.6) is 0 Å². The molecular weight excluding hydrogens is 260 g/mol. The van der Waals surface area contributed by atoms with E-state index in [0.29, 0.717) is 6.54 Å². The zero-order valence-corrected chi connectivity index (χ0v) is 11.6. The molecule has 0 atom stereocenters. The van der Waals surface area contributed by atoms with E-state index in [0.717, 1.165) is 5.69 Å². The molecule has 0 aromatic carbocycles. The predicted molar refractivity (Wildman–Crippen MR) is 74.1 cm³/mol. The molecule has 0 spiro atoms. The fourth-order valence-electron chi connectivity index (χ4n) is 1.77. The van der Waals surface area contributed by atoms with E-state index in [1.807, 2.05) is 26.8 Å². The van der Waals surface area contributed by atoms with Gasteiger partial charge in [0.15, 0.2) is 0 Å². The molecule has 0 fully saturated rings. The maximum Gasteiger partial charge on any atom is 0.355 e. The molecule has 8 nitrogen and oxygen atoms in total. The van der Waals surface area contributed by atoms with Crippen LogP contribution in [-0.2, 0) is 0 Å². The van der Waals surface area contributed by atoms with Gasteiger partial charge < -0.3 is 5.32 Å². The van der Waals surface area contributed by atoms with E-state index in [9.17, 15) is 10.1 Å². The van der Waals surface area contributed by atoms with E-state index in [-0.39, 0.29) is 23.2 Å². The first kappa shape index (κ1) is 13.9. The Kier molecular flexibility index (Phi) is 3.92. The highest BCUT2D eigenvalue weighted by Gasteiger charge is 2.24. The SMILES string of the molecule is CCNc1ncnc(-n2ccc(C(C)C)n2)c1[N+](=O)[O-]. The molecule has 1 N–H and O–H groups in total. The average molecular weight is 276 g/mol. The van der Waals surface area contributed by atoms with Crippen molar-refractivity contribution in [3.63, 3.8) is 0 Å². The average Bonchev–Trinajstić information content (AvgIpc) is 2.88. The maximum absolute atomic E-state index is 11.3. The van der Waals surface area contributed by atoms with Gasteiger partial charge in [0.2, 0.25) is 11.6 Å². The lowest BCUT2D eigenvalue weighted by Gasteiger charge is -2.07. The minimum absolute atomic E-state index is 0.160. The molecule has 0 unspecified atom stereocenters. The quantitative estimate of drug-likeness (QED) is 0.663. The number of nitrogens with zero attached hydrogens (tertiary/aromatic N) is 5. The molecule has 2 aromatic rings. The summed E-state index contributed by atoms with van der Waals surface area (Å²) >= 11 is 0. The lowest BCUT2D eigenvalue weighted by Crippen LogP contribution is -2.10. The Morgan fingerprint density at radius 1 is 1.45 bits per heavy atom. The van der Waals surface area contributed by atoms with Gasteiger partial charge in [0, 0.05) is 12.7 Å². The van der Waals surface area contributed by atoms with Crippen LogP contribution >= 0.6 is 0 Å². The van der Waals surface area contributed by atoms with Crippen LogP contribution in [0.25, 0.3) is 5.82 Å². The number of aromatic nitrogens is 4. The number of hydrogen-bond donors (Lipinski definition) is 1. The summed E-state index contributed by atoms with van der Waals surface area (Å²) in [6.45, 7) is 6.39. The second kappa shape index (κ2) is 5.64. The number of anilines is 1. The zero-order valence-electron chi connectivity index (χ0n) is 11.6. The van der Waals surface area contributed by atoms with Crippen LogP contribution in [0.1, 0.15) is 32.4 Å². The van der Waals surface area contributed by atoms with Crippen LogP contribution in [0.2, 0.25) is 0 Å². The van der Waals surface area contributed by atoms with Crippen molar-refractivity contribution in [3.8, 4) is 5.82 Å². The van der Waals surface area contributed by atoms with Gasteiger partial charge >= 0.3 is 5.69 Å². The van der Waals surface area contributed by atoms with Gasteiger partial charge in [-0.15, -0.1) is 0 Å². The van der Waals surface area contributed by atoms with Crippen molar-refractivity contribution in [1.82, 2.24) is 19.7 Å². The fraction of sp³-hybridized carbons (Fsp3) is 0.417. The number of hydrogen-bond acceptors (Lipinski definition) is 6. The zero-order chi connectivity index (χ0) is 14.7. The molecule has 0 saturated carbocycles. The van der Waals surface area contributed by atoms with Gasteiger partial charge in [-0.05, 0) is 18.9 Å². The topological polar surface area (TPSA) is 98.8 Å². The van der Waals surface area contributed by atoms with Gasteiger partial charge in [0.1, 0.15) is 6.33 Å². The van der Waals surface area contributed by atoms with E-state index < -0.39 is 4.92 Å². The van der Waals surface area contributed by atoms with Crippen molar-refractivity contribution in [1.29, 1.82) is 0 Å². The van der Waals surface area contributed by atoms with Crippen molar-refractivity contribution in [3.05, 3.63) is 34.4 Å². The number of rotatable bonds is 5. The van der Waals surface area contributed by atoms with Crippen molar-refractivity contribution in [2.24, 2.45) is 0 Å². The molecule has 0 aliphatic rings. The van der Waals surface area contributed by atoms with Crippen molar-refractivity contribution in [2.45, 2.75) is 26.7 Å². The highest BCUT2D eigenvalue weighted by Crippen LogP contribution is 2.27. The Morgan fingerprint density at radius 2 is 2.20 bits per heavy atom. The standard InChI is InChI=1S/C12H16N6O2/c1-4-13-11-10(18(19)20)12(15-7-14-11)17-6-5-9(16-17)8(2)3/h5-8H,4H2,1-3H3,(H,13,14,15). The van der Waals surface area contributed by atoms with Crippen LogP contribution in [0, 0.1) is 10.1 Å². The third kappa shape index (κ3) is 2.58. The monoisotopic (exact) mass is 276 g/mol. The number of nitro groups is 1. The molecule has 0 amide bonds. The first-order chi connectivity index (χ1) is 9.54. The largest absolute Gasteiger partial charge is 0.364 e. The highest BCUT2D eigenvalue weighted by molar-refractivity contribution is 5.63. The van der Waals surface area contributed by atoms with Crippen LogP contribution in [0.4, 0.5) is 11.5 Å². The van der Waals surface area contributed by atoms with Crippen LogP contribution < -0.4 is 5.32 Å². The molecule has 0 aliphatic heterocycles. The summed E-state index contributed by atoms with van der Waals surface area (Å²) in [7, 11) is 0. The Morgan fingerprint density at radius 3 is 2.75 bits per heavy atom. The summed E-state index contributed by atoms with van der Waals surface area (Å²) in [5.74, 6) is 0.599. The molecule has 2 heterocycles. The van der Waals surface area contributed by atoms with E-state index in [1.54, 1.807) is 6.20 Å². The van der Waals surface area contributed by atoms with Crippen molar-refractivity contribution >= 4 is 11.5 Å². The second-order valence-corrected chi connectivity index (χ2v) is 4.52. The molecule has 0 radical (unpaired) electrons. The second-order valence-electron chi connectivity index (χ2n) is 4.52. The summed E-state index contributed by atoms with van der Waals surface area (Å²) in [6, 6.07) is 1.82. The van der Waals surface area contributed by atoms with Crippen LogP contribution in [-0.4, -0.2) is 31.2 Å². The number of nitrogens with one attached hydrogen (secondary N) is 1. The highest BCUT2D eigenvalue weighted by atomic mass is 16.6. The summed E-state index contributed by atoms with van der Waals surface area (Å²) < 4.78 is 1.41. The predicted octanol–water partition coefficient (Wildman–Crippen LogP) is 2.13. The lowest BCUT2D eigenvalue weighted by molar-refractivity contribution is -0.384. The molecule has 2 rings (SSSR count). The van der Waals surface area contributed by atoms with Crippen molar-refractivity contribution in [2.75, 3.05) is 11.9 Å². The summed E-state index contributed by atoms with van der Waals surface area (Å²) in [6.07, 6.45) is 2.96. The van der Waals surface area contributed by atoms with Crippen LogP contribution in [0.15, 0.2) is 18.6 Å². The lowest BCUT2D eigenvalue weighted by atomic mass is 10.1. The van der Waals surface area contributed by atoms with Crippen molar-refractivity contribution < 1.29 is 4.92 Å². The first-order valence-electron chi connectivity index (χ1n) is 6.33. The molecule has 2 aromatic heterocycles. The summed E-state index contributed by atoms with van der Waals surface area (Å²) in [5.41, 5.74) is 0.677. The minimum atomic E-state index is -0.496. The summed E-state index contributed by atoms with van der Waals surface area (Å²) in [5, 5.41) is 18.5. The van der Waals surface area contributed by atoms with Gasteiger partial charge in [-0.3, -0.25) is 10.1 Å². The van der Waals surface area contributed by atoms with E-state index in [4.69, 9.17) is 0 Å². The van der Waals surface area contributed by atoms with Gasteiger partial charge in [0.05, 0.1) is 10.6 Å². The summed E-state index contributed by atoms with van der Waals surface area (Å²) in [4.78, 5) is 18.7. The molecule has 0 bridgehead atoms. The van der Waals surface area contributed by atoms with Gasteiger partial charge in [-0.25, -0.2) is 14.6 Å². The third-order valence-corrected chi connectivity index (χ3v) is 2.75. The smallest absolute Gasteiger partial charge is 0.355 e. The van der Waals surface area contributed by atoms with Gasteiger partial charge in [0.25, 0.3) is 0 Å². The normalized spacial score (nSPS) is 10.8. The maximum atomic E-state index is 11.3. The molecule has 0 aliphatic carbocycles. The molecule has 20 heavy (non-hydrogen) atoms. The Balaban J connectivity index is 2.54. The minimum Gasteiger partial charge on any atom is -0.364 e. The molecular formula is C12H16N6O2. The Bertz CT molecular complexity index is 622. The Hall–Kier alpha value is -2.51. The molecule has 0 saturated heterocycles. The van der Waals surface area contributed by atoms with E-state index in [1.165, 1.54) is 11.0 Å². The third-order valence-electron chi connectivity index (χ3n) is 2.75. The van der Waals surface area contributed by atoms with Crippen LogP contribution in [0.3, 0.4) is 0 Å². The molecule has 8 heteroatoms. The fourth-order valence-corrected chi connectivity index (χ4v) is 1.77.